The Balaban J connectivity index is 2.00. The fraction of sp³-hybridized carbons (Fsp3) is 0.538. The summed E-state index contributed by atoms with van der Waals surface area (Å²) in [6.07, 6.45) is 3.74. The minimum Gasteiger partial charge on any atom is -0.385 e. The Morgan fingerprint density at radius 3 is 2.47 bits per heavy atom. The zero-order chi connectivity index (χ0) is 12.0. The standard InChI is InChI=1S/C13H15Cl2NO/c14-11-3-1-2-10(12(11)15)13(17)6-8-4-5-9(7-13)16-8/h1-3,8-9,16-17H,4-7H2/t8-,9+,13?. The second-order valence-corrected chi connectivity index (χ2v) is 5.96. The van der Waals surface area contributed by atoms with Gasteiger partial charge in [0.1, 0.15) is 0 Å². The van der Waals surface area contributed by atoms with Gasteiger partial charge in [-0.1, -0.05) is 35.3 Å². The van der Waals surface area contributed by atoms with Gasteiger partial charge in [-0.2, -0.15) is 0 Å². The first-order valence-corrected chi connectivity index (χ1v) is 6.77. The summed E-state index contributed by atoms with van der Waals surface area (Å²) >= 11 is 12.2. The fourth-order valence-electron chi connectivity index (χ4n) is 3.21. The summed E-state index contributed by atoms with van der Waals surface area (Å²) in [7, 11) is 0. The van der Waals surface area contributed by atoms with Crippen LogP contribution >= 0.6 is 23.2 Å². The lowest BCUT2D eigenvalue weighted by molar-refractivity contribution is -0.0113. The Hall–Kier alpha value is -0.280. The number of fused-ring (bicyclic) bond motifs is 2. The summed E-state index contributed by atoms with van der Waals surface area (Å²) in [5.41, 5.74) is -0.0379. The topological polar surface area (TPSA) is 32.3 Å². The lowest BCUT2D eigenvalue weighted by Crippen LogP contribution is -2.46. The van der Waals surface area contributed by atoms with Crippen molar-refractivity contribution in [1.29, 1.82) is 0 Å². The number of piperidine rings is 1. The second kappa shape index (κ2) is 4.13. The summed E-state index contributed by atoms with van der Waals surface area (Å²) in [4.78, 5) is 0. The molecule has 2 fully saturated rings. The third kappa shape index (κ3) is 1.97. The molecule has 0 aliphatic carbocycles. The molecule has 2 nitrogen and oxygen atoms in total. The molecule has 3 atom stereocenters. The molecule has 0 amide bonds. The van der Waals surface area contributed by atoms with Crippen molar-refractivity contribution in [2.75, 3.05) is 0 Å². The average molecular weight is 272 g/mol. The maximum absolute atomic E-state index is 10.8. The van der Waals surface area contributed by atoms with Gasteiger partial charge in [0, 0.05) is 17.6 Å². The van der Waals surface area contributed by atoms with Gasteiger partial charge in [0.25, 0.3) is 0 Å². The molecule has 0 radical (unpaired) electrons. The summed E-state index contributed by atoms with van der Waals surface area (Å²) in [6, 6.07) is 6.32. The lowest BCUT2D eigenvalue weighted by Gasteiger charge is -2.38. The Kier molecular flexibility index (Phi) is 2.86. The van der Waals surface area contributed by atoms with Gasteiger partial charge in [-0.05, 0) is 31.7 Å². The van der Waals surface area contributed by atoms with E-state index in [1.54, 1.807) is 6.07 Å². The van der Waals surface area contributed by atoms with Crippen LogP contribution < -0.4 is 5.32 Å². The van der Waals surface area contributed by atoms with E-state index in [1.807, 2.05) is 12.1 Å². The number of benzene rings is 1. The monoisotopic (exact) mass is 271 g/mol. The Labute approximate surface area is 111 Å². The van der Waals surface area contributed by atoms with Gasteiger partial charge < -0.3 is 10.4 Å². The Bertz CT molecular complexity index is 437. The SMILES string of the molecule is OC1(c2cccc(Cl)c2Cl)C[C@H]2CC[C@@H](C1)N2. The molecule has 2 heterocycles. The van der Waals surface area contributed by atoms with E-state index in [9.17, 15) is 5.11 Å². The molecule has 92 valence electrons. The zero-order valence-electron chi connectivity index (χ0n) is 9.42. The van der Waals surface area contributed by atoms with Crippen LogP contribution in [0.25, 0.3) is 0 Å². The predicted molar refractivity (Wildman–Crippen MR) is 69.5 cm³/mol. The molecule has 1 aromatic rings. The Morgan fingerprint density at radius 2 is 1.82 bits per heavy atom. The van der Waals surface area contributed by atoms with Gasteiger partial charge in [-0.15, -0.1) is 0 Å². The molecular formula is C13H15Cl2NO. The summed E-state index contributed by atoms with van der Waals surface area (Å²) in [6.45, 7) is 0. The number of hydrogen-bond acceptors (Lipinski definition) is 2. The van der Waals surface area contributed by atoms with Crippen molar-refractivity contribution in [3.63, 3.8) is 0 Å². The summed E-state index contributed by atoms with van der Waals surface area (Å²) in [5.74, 6) is 0. The lowest BCUT2D eigenvalue weighted by atomic mass is 9.81. The first-order chi connectivity index (χ1) is 8.08. The highest BCUT2D eigenvalue weighted by Crippen LogP contribution is 2.44. The van der Waals surface area contributed by atoms with Crippen LogP contribution in [-0.2, 0) is 5.60 Å². The van der Waals surface area contributed by atoms with E-state index in [0.717, 1.165) is 31.2 Å². The fourth-order valence-corrected chi connectivity index (χ4v) is 3.68. The summed E-state index contributed by atoms with van der Waals surface area (Å²) in [5, 5.41) is 15.4. The van der Waals surface area contributed by atoms with E-state index in [0.29, 0.717) is 22.1 Å². The Morgan fingerprint density at radius 1 is 1.18 bits per heavy atom. The van der Waals surface area contributed by atoms with Crippen LogP contribution in [0.1, 0.15) is 31.2 Å². The van der Waals surface area contributed by atoms with Crippen LogP contribution in [0, 0.1) is 0 Å². The molecule has 2 N–H and O–H groups in total. The largest absolute Gasteiger partial charge is 0.385 e. The van der Waals surface area contributed by atoms with E-state index in [-0.39, 0.29) is 0 Å². The highest BCUT2D eigenvalue weighted by atomic mass is 35.5. The average Bonchev–Trinajstić information content (AvgIpc) is 2.62. The molecule has 3 rings (SSSR count). The normalized spacial score (nSPS) is 36.2. The summed E-state index contributed by atoms with van der Waals surface area (Å²) < 4.78 is 0. The first-order valence-electron chi connectivity index (χ1n) is 6.01. The second-order valence-electron chi connectivity index (χ2n) is 5.18. The zero-order valence-corrected chi connectivity index (χ0v) is 10.9. The van der Waals surface area contributed by atoms with Gasteiger partial charge >= 0.3 is 0 Å². The van der Waals surface area contributed by atoms with Gasteiger partial charge in [0.15, 0.2) is 0 Å². The van der Waals surface area contributed by atoms with E-state index in [2.05, 4.69) is 5.32 Å². The van der Waals surface area contributed by atoms with Crippen LogP contribution in [0.5, 0.6) is 0 Å². The number of halogens is 2. The molecule has 0 saturated carbocycles. The van der Waals surface area contributed by atoms with Gasteiger partial charge in [-0.25, -0.2) is 0 Å². The maximum Gasteiger partial charge on any atom is 0.0941 e. The van der Waals surface area contributed by atoms with E-state index >= 15 is 0 Å². The van der Waals surface area contributed by atoms with E-state index in [1.165, 1.54) is 0 Å². The van der Waals surface area contributed by atoms with Crippen molar-refractivity contribution >= 4 is 23.2 Å². The molecule has 2 bridgehead atoms. The molecule has 2 aliphatic heterocycles. The third-order valence-electron chi connectivity index (χ3n) is 3.96. The highest BCUT2D eigenvalue weighted by molar-refractivity contribution is 6.42. The minimum atomic E-state index is -0.820. The van der Waals surface area contributed by atoms with Crippen LogP contribution in [0.3, 0.4) is 0 Å². The van der Waals surface area contributed by atoms with Crippen molar-refractivity contribution < 1.29 is 5.11 Å². The molecule has 2 aliphatic rings. The van der Waals surface area contributed by atoms with E-state index < -0.39 is 5.60 Å². The molecule has 17 heavy (non-hydrogen) atoms. The number of aliphatic hydroxyl groups is 1. The number of hydrogen-bond donors (Lipinski definition) is 2. The molecular weight excluding hydrogens is 257 g/mol. The van der Waals surface area contributed by atoms with Crippen molar-refractivity contribution in [2.24, 2.45) is 0 Å². The minimum absolute atomic E-state index is 0.411. The van der Waals surface area contributed by atoms with E-state index in [4.69, 9.17) is 23.2 Å². The van der Waals surface area contributed by atoms with Crippen molar-refractivity contribution in [3.05, 3.63) is 33.8 Å². The van der Waals surface area contributed by atoms with Crippen LogP contribution in [0.2, 0.25) is 10.0 Å². The molecule has 0 aromatic heterocycles. The number of nitrogens with one attached hydrogen (secondary N) is 1. The molecule has 4 heteroatoms. The van der Waals surface area contributed by atoms with Crippen molar-refractivity contribution in [1.82, 2.24) is 5.32 Å². The van der Waals surface area contributed by atoms with Crippen molar-refractivity contribution in [3.8, 4) is 0 Å². The smallest absolute Gasteiger partial charge is 0.0941 e. The van der Waals surface area contributed by atoms with Crippen LogP contribution in [0.15, 0.2) is 18.2 Å². The molecule has 0 spiro atoms. The van der Waals surface area contributed by atoms with Gasteiger partial charge in [0.2, 0.25) is 0 Å². The predicted octanol–water partition coefficient (Wildman–Crippen LogP) is 3.10. The first kappa shape index (κ1) is 11.8. The maximum atomic E-state index is 10.8. The van der Waals surface area contributed by atoms with Crippen molar-refractivity contribution in [2.45, 2.75) is 43.4 Å². The quantitative estimate of drug-likeness (QED) is 0.823. The molecule has 2 saturated heterocycles. The highest BCUT2D eigenvalue weighted by Gasteiger charge is 2.44. The molecule has 1 unspecified atom stereocenters. The molecule has 1 aromatic carbocycles. The third-order valence-corrected chi connectivity index (χ3v) is 4.78. The van der Waals surface area contributed by atoms with Crippen LogP contribution in [-0.4, -0.2) is 17.2 Å². The van der Waals surface area contributed by atoms with Gasteiger partial charge in [0.05, 0.1) is 15.6 Å². The van der Waals surface area contributed by atoms with Gasteiger partial charge in [-0.3, -0.25) is 0 Å². The van der Waals surface area contributed by atoms with Crippen LogP contribution in [0.4, 0.5) is 0 Å². The number of rotatable bonds is 1.